The van der Waals surface area contributed by atoms with Gasteiger partial charge in [-0.3, -0.25) is 4.79 Å². The van der Waals surface area contributed by atoms with E-state index in [1.54, 1.807) is 25.3 Å². The van der Waals surface area contributed by atoms with Gasteiger partial charge in [0.1, 0.15) is 11.5 Å². The van der Waals surface area contributed by atoms with Crippen molar-refractivity contribution in [1.29, 1.82) is 0 Å². The number of ether oxygens (including phenoxy) is 3. The van der Waals surface area contributed by atoms with Crippen molar-refractivity contribution in [3.8, 4) is 11.5 Å². The van der Waals surface area contributed by atoms with Gasteiger partial charge in [-0.25, -0.2) is 0 Å². The molecule has 0 atom stereocenters. The van der Waals surface area contributed by atoms with Crippen LogP contribution in [0.3, 0.4) is 0 Å². The van der Waals surface area contributed by atoms with E-state index in [1.165, 1.54) is 18.4 Å². The number of carbonyl (C=O) groups excluding carboxylic acids is 1. The Balaban J connectivity index is 2.07. The lowest BCUT2D eigenvalue weighted by Crippen LogP contribution is -2.20. The molecule has 3 aromatic rings. The molecule has 27 heavy (non-hydrogen) atoms. The van der Waals surface area contributed by atoms with Crippen molar-refractivity contribution in [2.24, 2.45) is 4.99 Å². The number of hydrogen-bond acceptors (Lipinski definition) is 5. The Hall–Kier alpha value is -2.64. The van der Waals surface area contributed by atoms with Crippen molar-refractivity contribution in [2.75, 3.05) is 27.4 Å². The monoisotopic (exact) mass is 386 g/mol. The normalized spacial score (nSPS) is 11.7. The highest BCUT2D eigenvalue weighted by atomic mass is 32.1. The molecule has 1 aromatic heterocycles. The highest BCUT2D eigenvalue weighted by Crippen LogP contribution is 2.25. The second-order valence-corrected chi connectivity index (χ2v) is 6.69. The zero-order valence-electron chi connectivity index (χ0n) is 15.6. The van der Waals surface area contributed by atoms with Crippen LogP contribution in [0.4, 0.5) is 0 Å². The van der Waals surface area contributed by atoms with Gasteiger partial charge in [-0.1, -0.05) is 23.5 Å². The summed E-state index contributed by atoms with van der Waals surface area (Å²) in [5, 5.41) is 0. The van der Waals surface area contributed by atoms with Gasteiger partial charge in [-0.05, 0) is 37.3 Å². The van der Waals surface area contributed by atoms with Crippen LogP contribution in [0, 0.1) is 0 Å². The summed E-state index contributed by atoms with van der Waals surface area (Å²) in [7, 11) is 3.08. The number of rotatable bonds is 7. The number of fused-ring (bicyclic) bond motifs is 1. The molecule has 6 nitrogen and oxygen atoms in total. The second kappa shape index (κ2) is 8.83. The molecule has 0 saturated carbocycles. The molecular formula is C20H22N2O4S. The molecule has 0 aliphatic heterocycles. The number of carbonyl (C=O) groups is 1. The third-order valence-corrected chi connectivity index (χ3v) is 5.15. The molecular weight excluding hydrogens is 364 g/mol. The SMILES string of the molecule is CCOCCn1c(=NC(=O)c2cc(OC)ccc2OC)sc2ccccc21. The molecule has 2 aromatic carbocycles. The standard InChI is InChI=1S/C20H22N2O4S/c1-4-26-12-11-22-16-7-5-6-8-18(16)27-20(22)21-19(23)15-13-14(24-2)9-10-17(15)25-3/h5-10,13H,4,11-12H2,1-3H3. The summed E-state index contributed by atoms with van der Waals surface area (Å²) in [4.78, 5) is 17.9. The van der Waals surface area contributed by atoms with Crippen LogP contribution in [-0.2, 0) is 11.3 Å². The summed E-state index contributed by atoms with van der Waals surface area (Å²) < 4.78 is 19.1. The Morgan fingerprint density at radius 3 is 2.70 bits per heavy atom. The fourth-order valence-corrected chi connectivity index (χ4v) is 3.81. The first kappa shape index (κ1) is 19.1. The molecule has 0 N–H and O–H groups in total. The predicted molar refractivity (Wildman–Crippen MR) is 106 cm³/mol. The fourth-order valence-electron chi connectivity index (χ4n) is 2.75. The number of thiazole rings is 1. The quantitative estimate of drug-likeness (QED) is 0.583. The third kappa shape index (κ3) is 4.20. The molecule has 0 radical (unpaired) electrons. The first-order valence-electron chi connectivity index (χ1n) is 8.65. The van der Waals surface area contributed by atoms with Crippen LogP contribution in [0.1, 0.15) is 17.3 Å². The van der Waals surface area contributed by atoms with Gasteiger partial charge in [0.25, 0.3) is 5.91 Å². The Morgan fingerprint density at radius 1 is 1.15 bits per heavy atom. The molecule has 0 saturated heterocycles. The Bertz CT molecular complexity index is 1010. The van der Waals surface area contributed by atoms with E-state index >= 15 is 0 Å². The number of methoxy groups -OCH3 is 2. The van der Waals surface area contributed by atoms with E-state index in [9.17, 15) is 4.79 Å². The summed E-state index contributed by atoms with van der Waals surface area (Å²) in [6.07, 6.45) is 0. The maximum atomic E-state index is 12.9. The van der Waals surface area contributed by atoms with E-state index in [0.717, 1.165) is 10.2 Å². The lowest BCUT2D eigenvalue weighted by molar-refractivity contribution is 0.0993. The molecule has 0 spiro atoms. The Labute approximate surface area is 161 Å². The fraction of sp³-hybridized carbons (Fsp3) is 0.300. The van der Waals surface area contributed by atoms with Crippen LogP contribution < -0.4 is 14.3 Å². The average molecular weight is 386 g/mol. The van der Waals surface area contributed by atoms with Gasteiger partial charge >= 0.3 is 0 Å². The number of hydrogen-bond donors (Lipinski definition) is 0. The van der Waals surface area contributed by atoms with Gasteiger partial charge in [-0.2, -0.15) is 4.99 Å². The summed E-state index contributed by atoms with van der Waals surface area (Å²) in [5.74, 6) is 0.670. The van der Waals surface area contributed by atoms with E-state index in [-0.39, 0.29) is 5.91 Å². The molecule has 0 aliphatic rings. The molecule has 0 aliphatic carbocycles. The van der Waals surface area contributed by atoms with E-state index < -0.39 is 0 Å². The van der Waals surface area contributed by atoms with Crippen LogP contribution in [0.25, 0.3) is 10.2 Å². The molecule has 0 bridgehead atoms. The first-order valence-corrected chi connectivity index (χ1v) is 9.46. The van der Waals surface area contributed by atoms with Crippen LogP contribution in [0.15, 0.2) is 47.5 Å². The van der Waals surface area contributed by atoms with Gasteiger partial charge in [-0.15, -0.1) is 0 Å². The van der Waals surface area contributed by atoms with Crippen molar-refractivity contribution >= 4 is 27.5 Å². The zero-order chi connectivity index (χ0) is 19.2. The van der Waals surface area contributed by atoms with Gasteiger partial charge in [0.2, 0.25) is 0 Å². The van der Waals surface area contributed by atoms with Crippen LogP contribution in [0.5, 0.6) is 11.5 Å². The molecule has 3 rings (SSSR count). The second-order valence-electron chi connectivity index (χ2n) is 5.68. The van der Waals surface area contributed by atoms with Crippen molar-refractivity contribution < 1.29 is 19.0 Å². The van der Waals surface area contributed by atoms with E-state index in [2.05, 4.69) is 4.99 Å². The first-order chi connectivity index (χ1) is 13.2. The van der Waals surface area contributed by atoms with E-state index in [4.69, 9.17) is 14.2 Å². The number of benzene rings is 2. The summed E-state index contributed by atoms with van der Waals surface area (Å²) >= 11 is 1.48. The summed E-state index contributed by atoms with van der Waals surface area (Å²) in [6, 6.07) is 13.1. The van der Waals surface area contributed by atoms with Crippen molar-refractivity contribution in [1.82, 2.24) is 4.57 Å². The van der Waals surface area contributed by atoms with Gasteiger partial charge < -0.3 is 18.8 Å². The zero-order valence-corrected chi connectivity index (χ0v) is 16.4. The molecule has 1 amide bonds. The van der Waals surface area contributed by atoms with Crippen LogP contribution >= 0.6 is 11.3 Å². The Kier molecular flexibility index (Phi) is 6.26. The summed E-state index contributed by atoms with van der Waals surface area (Å²) in [6.45, 7) is 3.79. The smallest absolute Gasteiger partial charge is 0.283 e. The molecule has 0 unspecified atom stereocenters. The van der Waals surface area contributed by atoms with Gasteiger partial charge in [0.05, 0.1) is 36.6 Å². The van der Waals surface area contributed by atoms with Crippen LogP contribution in [-0.4, -0.2) is 37.9 Å². The molecule has 7 heteroatoms. The minimum Gasteiger partial charge on any atom is -0.497 e. The maximum absolute atomic E-state index is 12.9. The lowest BCUT2D eigenvalue weighted by Gasteiger charge is -2.08. The maximum Gasteiger partial charge on any atom is 0.283 e. The Morgan fingerprint density at radius 2 is 1.96 bits per heavy atom. The number of nitrogens with zero attached hydrogens (tertiary/aromatic N) is 2. The molecule has 1 heterocycles. The number of para-hydroxylation sites is 1. The molecule has 142 valence electrons. The minimum atomic E-state index is -0.373. The van der Waals surface area contributed by atoms with Crippen molar-refractivity contribution in [3.63, 3.8) is 0 Å². The van der Waals surface area contributed by atoms with Crippen LogP contribution in [0.2, 0.25) is 0 Å². The topological polar surface area (TPSA) is 62.1 Å². The third-order valence-electron chi connectivity index (χ3n) is 4.09. The molecule has 0 fully saturated rings. The minimum absolute atomic E-state index is 0.366. The average Bonchev–Trinajstić information content (AvgIpc) is 3.04. The number of amides is 1. The van der Waals surface area contributed by atoms with Gasteiger partial charge in [0, 0.05) is 13.2 Å². The highest BCUT2D eigenvalue weighted by molar-refractivity contribution is 7.16. The van der Waals surface area contributed by atoms with Gasteiger partial charge in [0.15, 0.2) is 4.80 Å². The van der Waals surface area contributed by atoms with Crippen molar-refractivity contribution in [3.05, 3.63) is 52.8 Å². The lowest BCUT2D eigenvalue weighted by atomic mass is 10.2. The van der Waals surface area contributed by atoms with E-state index in [0.29, 0.717) is 41.6 Å². The van der Waals surface area contributed by atoms with E-state index in [1.807, 2.05) is 35.8 Å². The number of aromatic nitrogens is 1. The predicted octanol–water partition coefficient (Wildman–Crippen LogP) is 3.50. The van der Waals surface area contributed by atoms with Crippen molar-refractivity contribution in [2.45, 2.75) is 13.5 Å². The highest BCUT2D eigenvalue weighted by Gasteiger charge is 2.14. The largest absolute Gasteiger partial charge is 0.497 e. The summed E-state index contributed by atoms with van der Waals surface area (Å²) in [5.41, 5.74) is 1.40.